The molecular weight excluding hydrogens is 558 g/mol. The van der Waals surface area contributed by atoms with E-state index in [-0.39, 0.29) is 24.7 Å². The van der Waals surface area contributed by atoms with Crippen LogP contribution in [0.5, 0.6) is 11.5 Å². The number of carboxylic acids is 1. The molecule has 1 atom stereocenters. The maximum absolute atomic E-state index is 13.5. The van der Waals surface area contributed by atoms with E-state index < -0.39 is 12.0 Å². The van der Waals surface area contributed by atoms with Crippen molar-refractivity contribution in [3.05, 3.63) is 113 Å². The molecule has 9 nitrogen and oxygen atoms in total. The summed E-state index contributed by atoms with van der Waals surface area (Å²) in [5.74, 6) is -0.390. The lowest BCUT2D eigenvalue weighted by Gasteiger charge is -2.31. The highest BCUT2D eigenvalue weighted by molar-refractivity contribution is 6.01. The minimum atomic E-state index is -0.891. The highest BCUT2D eigenvalue weighted by atomic mass is 16.5. The van der Waals surface area contributed by atoms with Gasteiger partial charge >= 0.3 is 12.0 Å². The van der Waals surface area contributed by atoms with Crippen molar-refractivity contribution in [1.29, 1.82) is 0 Å². The minimum absolute atomic E-state index is 0.0630. The molecule has 3 N–H and O–H groups in total. The van der Waals surface area contributed by atoms with Gasteiger partial charge < -0.3 is 30.1 Å². The molecule has 0 radical (unpaired) electrons. The van der Waals surface area contributed by atoms with E-state index in [1.807, 2.05) is 80.6 Å². The fraction of sp³-hybridized carbons (Fsp3) is 0.229. The maximum atomic E-state index is 13.5. The summed E-state index contributed by atoms with van der Waals surface area (Å²) in [6, 6.07) is 25.6. The summed E-state index contributed by atoms with van der Waals surface area (Å²) < 4.78 is 11.5. The van der Waals surface area contributed by atoms with Gasteiger partial charge in [0.25, 0.3) is 0 Å². The Morgan fingerprint density at radius 3 is 2.36 bits per heavy atom. The predicted octanol–water partition coefficient (Wildman–Crippen LogP) is 6.53. The molecule has 0 saturated heterocycles. The van der Waals surface area contributed by atoms with Crippen LogP contribution in [0, 0.1) is 13.8 Å². The number of anilines is 3. The molecule has 1 aliphatic heterocycles. The SMILES string of the molecule is COc1cc(CC(=O)N2CCOc3cc(C(CC(=O)O)c4ccccc4C)ccc32)ccc1NC(=O)Nc1ccccc1C. The van der Waals surface area contributed by atoms with Crippen LogP contribution in [-0.4, -0.2) is 43.3 Å². The second-order valence-electron chi connectivity index (χ2n) is 10.7. The average molecular weight is 594 g/mol. The molecule has 3 amide bonds. The third-order valence-electron chi connectivity index (χ3n) is 7.76. The normalized spacial score (nSPS) is 12.8. The largest absolute Gasteiger partial charge is 0.495 e. The Morgan fingerprint density at radius 2 is 1.64 bits per heavy atom. The van der Waals surface area contributed by atoms with Crippen LogP contribution in [0.15, 0.2) is 84.9 Å². The zero-order chi connectivity index (χ0) is 31.2. The number of nitrogens with one attached hydrogen (secondary N) is 2. The van der Waals surface area contributed by atoms with E-state index >= 15 is 0 Å². The molecule has 44 heavy (non-hydrogen) atoms. The standard InChI is InChI=1S/C35H35N3O6/c1-22-8-4-6-10-26(22)27(21-34(40)41)25-13-15-30-32(20-25)44-17-16-38(30)33(39)19-24-12-14-29(31(18-24)43-3)37-35(42)36-28-11-7-5-9-23(28)2/h4-15,18,20,27H,16-17,19,21H2,1-3H3,(H,40,41)(H2,36,37,42). The highest BCUT2D eigenvalue weighted by Gasteiger charge is 2.27. The number of ether oxygens (including phenoxy) is 2. The number of carboxylic acid groups (broad SMARTS) is 1. The van der Waals surface area contributed by atoms with Crippen LogP contribution in [0.1, 0.15) is 40.2 Å². The van der Waals surface area contributed by atoms with E-state index in [2.05, 4.69) is 10.6 Å². The third kappa shape index (κ3) is 6.83. The van der Waals surface area contributed by atoms with Gasteiger partial charge in [-0.05, 0) is 72.0 Å². The van der Waals surface area contributed by atoms with E-state index in [4.69, 9.17) is 9.47 Å². The van der Waals surface area contributed by atoms with Gasteiger partial charge in [0, 0.05) is 11.6 Å². The van der Waals surface area contributed by atoms with Gasteiger partial charge in [0.05, 0.1) is 37.9 Å². The molecular formula is C35H35N3O6. The number of rotatable bonds is 9. The first-order valence-electron chi connectivity index (χ1n) is 14.4. The van der Waals surface area contributed by atoms with Gasteiger partial charge in [-0.2, -0.15) is 0 Å². The number of urea groups is 1. The molecule has 4 aromatic carbocycles. The number of aliphatic carboxylic acids is 1. The van der Waals surface area contributed by atoms with Crippen molar-refractivity contribution in [3.63, 3.8) is 0 Å². The van der Waals surface area contributed by atoms with Gasteiger partial charge in [-0.1, -0.05) is 54.6 Å². The smallest absolute Gasteiger partial charge is 0.323 e. The molecule has 5 rings (SSSR count). The monoisotopic (exact) mass is 593 g/mol. The lowest BCUT2D eigenvalue weighted by atomic mass is 9.85. The number of hydrogen-bond donors (Lipinski definition) is 3. The third-order valence-corrected chi connectivity index (χ3v) is 7.76. The Morgan fingerprint density at radius 1 is 0.909 bits per heavy atom. The van der Waals surface area contributed by atoms with Crippen molar-refractivity contribution in [3.8, 4) is 11.5 Å². The van der Waals surface area contributed by atoms with Crippen molar-refractivity contribution in [2.45, 2.75) is 32.6 Å². The van der Waals surface area contributed by atoms with Crippen LogP contribution in [0.4, 0.5) is 21.9 Å². The molecule has 0 fully saturated rings. The maximum Gasteiger partial charge on any atom is 0.323 e. The van der Waals surface area contributed by atoms with Crippen LogP contribution in [-0.2, 0) is 16.0 Å². The summed E-state index contributed by atoms with van der Waals surface area (Å²) in [4.78, 5) is 39.6. The Hall–Kier alpha value is -5.31. The Bertz CT molecular complexity index is 1700. The van der Waals surface area contributed by atoms with E-state index in [9.17, 15) is 19.5 Å². The minimum Gasteiger partial charge on any atom is -0.495 e. The Kier molecular flexibility index (Phi) is 9.14. The summed E-state index contributed by atoms with van der Waals surface area (Å²) in [6.45, 7) is 4.59. The van der Waals surface area contributed by atoms with Gasteiger partial charge in [0.2, 0.25) is 5.91 Å². The number of para-hydroxylation sites is 1. The molecule has 0 aromatic heterocycles. The predicted molar refractivity (Wildman–Crippen MR) is 170 cm³/mol. The summed E-state index contributed by atoms with van der Waals surface area (Å²) in [5, 5.41) is 15.3. The van der Waals surface area contributed by atoms with Crippen molar-refractivity contribution < 1.29 is 29.0 Å². The highest BCUT2D eigenvalue weighted by Crippen LogP contribution is 2.38. The van der Waals surface area contributed by atoms with Crippen LogP contribution in [0.2, 0.25) is 0 Å². The number of carbonyl (C=O) groups is 3. The van der Waals surface area contributed by atoms with Gasteiger partial charge in [-0.25, -0.2) is 4.79 Å². The summed E-state index contributed by atoms with van der Waals surface area (Å²) in [6.07, 6.45) is 0.0462. The number of carbonyl (C=O) groups excluding carboxylic acids is 2. The Balaban J connectivity index is 1.31. The number of amides is 3. The Labute approximate surface area is 256 Å². The number of methoxy groups -OCH3 is 1. The zero-order valence-corrected chi connectivity index (χ0v) is 24.9. The van der Waals surface area contributed by atoms with Crippen LogP contribution in [0.3, 0.4) is 0 Å². The summed E-state index contributed by atoms with van der Waals surface area (Å²) in [5.41, 5.74) is 6.26. The number of fused-ring (bicyclic) bond motifs is 1. The van der Waals surface area contributed by atoms with Crippen LogP contribution < -0.4 is 25.0 Å². The second-order valence-corrected chi connectivity index (χ2v) is 10.7. The van der Waals surface area contributed by atoms with Gasteiger partial charge in [0.15, 0.2) is 0 Å². The molecule has 1 aliphatic rings. The van der Waals surface area contributed by atoms with Gasteiger partial charge in [-0.3, -0.25) is 9.59 Å². The fourth-order valence-electron chi connectivity index (χ4n) is 5.48. The number of aryl methyl sites for hydroxylation is 2. The van der Waals surface area contributed by atoms with Gasteiger partial charge in [-0.15, -0.1) is 0 Å². The van der Waals surface area contributed by atoms with E-state index in [0.29, 0.717) is 41.7 Å². The number of benzene rings is 4. The van der Waals surface area contributed by atoms with Crippen molar-refractivity contribution in [2.75, 3.05) is 35.8 Å². The molecule has 1 unspecified atom stereocenters. The fourth-order valence-corrected chi connectivity index (χ4v) is 5.48. The molecule has 9 heteroatoms. The number of hydrogen-bond acceptors (Lipinski definition) is 5. The van der Waals surface area contributed by atoms with Crippen molar-refractivity contribution >= 4 is 35.0 Å². The van der Waals surface area contributed by atoms with Crippen LogP contribution in [0.25, 0.3) is 0 Å². The molecule has 0 bridgehead atoms. The van der Waals surface area contributed by atoms with Crippen molar-refractivity contribution in [2.24, 2.45) is 0 Å². The van der Waals surface area contributed by atoms with Crippen molar-refractivity contribution in [1.82, 2.24) is 0 Å². The molecule has 4 aromatic rings. The van der Waals surface area contributed by atoms with E-state index in [0.717, 1.165) is 27.8 Å². The summed E-state index contributed by atoms with van der Waals surface area (Å²) in [7, 11) is 1.51. The topological polar surface area (TPSA) is 117 Å². The molecule has 0 saturated carbocycles. The quantitative estimate of drug-likeness (QED) is 0.203. The molecule has 0 aliphatic carbocycles. The number of nitrogens with zero attached hydrogens (tertiary/aromatic N) is 1. The van der Waals surface area contributed by atoms with E-state index in [1.54, 1.807) is 23.1 Å². The first-order valence-corrected chi connectivity index (χ1v) is 14.4. The molecule has 226 valence electrons. The molecule has 1 heterocycles. The van der Waals surface area contributed by atoms with Gasteiger partial charge in [0.1, 0.15) is 18.1 Å². The lowest BCUT2D eigenvalue weighted by molar-refractivity contribution is -0.137. The summed E-state index contributed by atoms with van der Waals surface area (Å²) >= 11 is 0. The molecule has 0 spiro atoms. The first kappa shape index (κ1) is 30.2. The average Bonchev–Trinajstić information content (AvgIpc) is 3.01. The second kappa shape index (κ2) is 13.3. The van der Waals surface area contributed by atoms with E-state index in [1.165, 1.54) is 7.11 Å². The lowest BCUT2D eigenvalue weighted by Crippen LogP contribution is -2.39. The van der Waals surface area contributed by atoms with Crippen LogP contribution >= 0.6 is 0 Å². The first-order chi connectivity index (χ1) is 21.2. The zero-order valence-electron chi connectivity index (χ0n) is 24.9.